The molecule has 3 aromatic rings. The standard InChI is InChI=1S/C37H35NO10/c1-45-20-13-24-22-11-10-19-6-2-8-21(19)29(22)31-26(40)16-38-15-25-18(5-3-9-23(25)36(38)44)7-4-12-46-35-32(41)28(17-39)48-37(34(35)43)47-27(14-20)30(24)33(31)42/h3,5,9-11,13-14,19,21,28,32,34-35,37,39,41-43H,2,6-8,15-17H2,1H3. The van der Waals surface area contributed by atoms with Gasteiger partial charge in [-0.2, -0.15) is 0 Å². The lowest BCUT2D eigenvalue weighted by Crippen LogP contribution is -2.60. The number of methoxy groups -OCH3 is 1. The second-order valence-electron chi connectivity index (χ2n) is 13.0. The van der Waals surface area contributed by atoms with E-state index in [-0.39, 0.29) is 59.7 Å². The first-order valence-corrected chi connectivity index (χ1v) is 16.2. The monoisotopic (exact) mass is 653 g/mol. The van der Waals surface area contributed by atoms with Crippen molar-refractivity contribution in [2.24, 2.45) is 5.92 Å². The molecule has 3 heterocycles. The molecule has 11 heteroatoms. The smallest absolute Gasteiger partial charge is 0.254 e. The van der Waals surface area contributed by atoms with Gasteiger partial charge in [0.1, 0.15) is 35.6 Å². The number of rotatable bonds is 2. The zero-order valence-corrected chi connectivity index (χ0v) is 26.2. The molecule has 3 aliphatic heterocycles. The number of carbonyl (C=O) groups excluding carboxylic acids is 2. The van der Waals surface area contributed by atoms with Gasteiger partial charge in [0.05, 0.1) is 31.2 Å². The average Bonchev–Trinajstić information content (AvgIpc) is 3.69. The summed E-state index contributed by atoms with van der Waals surface area (Å²) in [6.07, 6.45) is 2.64. The predicted octanol–water partition coefficient (Wildman–Crippen LogP) is 3.02. The number of nitrogens with zero attached hydrogens (tertiary/aromatic N) is 1. The minimum Gasteiger partial charge on any atom is -0.506 e. The number of ketones is 1. The number of phenolic OH excluding ortho intramolecular Hbond substituents is 1. The summed E-state index contributed by atoms with van der Waals surface area (Å²) in [6, 6.07) is 8.61. The van der Waals surface area contributed by atoms with E-state index in [1.807, 2.05) is 12.1 Å². The fraction of sp³-hybridized carbons (Fsp3) is 0.405. The van der Waals surface area contributed by atoms with Crippen molar-refractivity contribution in [3.05, 3.63) is 69.8 Å². The molecular formula is C37H35NO10. The van der Waals surface area contributed by atoms with Crippen molar-refractivity contribution in [3.63, 3.8) is 0 Å². The van der Waals surface area contributed by atoms with Crippen LogP contribution >= 0.6 is 0 Å². The van der Waals surface area contributed by atoms with E-state index >= 15 is 0 Å². The molecule has 7 unspecified atom stereocenters. The summed E-state index contributed by atoms with van der Waals surface area (Å²) in [5.74, 6) is 2.55. The van der Waals surface area contributed by atoms with Crippen LogP contribution < -0.4 is 9.47 Å². The van der Waals surface area contributed by atoms with Gasteiger partial charge in [-0.15, -0.1) is 0 Å². The molecule has 1 saturated heterocycles. The Morgan fingerprint density at radius 2 is 1.96 bits per heavy atom. The maximum absolute atomic E-state index is 14.5. The third kappa shape index (κ3) is 4.74. The van der Waals surface area contributed by atoms with Crippen molar-refractivity contribution < 1.29 is 49.0 Å². The van der Waals surface area contributed by atoms with E-state index in [0.717, 1.165) is 41.5 Å². The molecule has 8 rings (SSSR count). The van der Waals surface area contributed by atoms with Crippen molar-refractivity contribution in [2.75, 3.05) is 20.3 Å². The van der Waals surface area contributed by atoms with Crippen molar-refractivity contribution in [1.29, 1.82) is 0 Å². The maximum Gasteiger partial charge on any atom is 0.254 e. The number of phenols is 1. The van der Waals surface area contributed by atoms with Crippen LogP contribution in [0.2, 0.25) is 0 Å². The van der Waals surface area contributed by atoms with Gasteiger partial charge >= 0.3 is 0 Å². The summed E-state index contributed by atoms with van der Waals surface area (Å²) in [4.78, 5) is 29.6. The second kappa shape index (κ2) is 11.8. The average molecular weight is 654 g/mol. The first kappa shape index (κ1) is 30.7. The van der Waals surface area contributed by atoms with Crippen molar-refractivity contribution in [1.82, 2.24) is 4.90 Å². The molecule has 0 spiro atoms. The summed E-state index contributed by atoms with van der Waals surface area (Å²) < 4.78 is 23.4. The number of carbonyl (C=O) groups is 2. The molecule has 2 aliphatic carbocycles. The molecule has 5 aliphatic rings. The Hall–Kier alpha value is -4.60. The lowest BCUT2D eigenvalue weighted by atomic mass is 9.76. The van der Waals surface area contributed by atoms with Crippen LogP contribution in [-0.2, 0) is 22.4 Å². The quantitative estimate of drug-likeness (QED) is 0.304. The van der Waals surface area contributed by atoms with Gasteiger partial charge in [0.25, 0.3) is 5.91 Å². The van der Waals surface area contributed by atoms with Crippen molar-refractivity contribution in [3.8, 4) is 29.3 Å². The van der Waals surface area contributed by atoms with E-state index in [1.165, 1.54) is 18.1 Å². The fourth-order valence-electron chi connectivity index (χ4n) is 8.09. The van der Waals surface area contributed by atoms with Gasteiger partial charge in [0.2, 0.25) is 6.29 Å². The van der Waals surface area contributed by atoms with Crippen LogP contribution in [0.1, 0.15) is 68.2 Å². The maximum atomic E-state index is 14.5. The molecular weight excluding hydrogens is 618 g/mol. The summed E-state index contributed by atoms with van der Waals surface area (Å²) in [6.45, 7) is -0.655. The zero-order valence-electron chi connectivity index (χ0n) is 26.2. The highest BCUT2D eigenvalue weighted by Gasteiger charge is 2.48. The number of hydrogen-bond acceptors (Lipinski definition) is 10. The minimum absolute atomic E-state index is 0.00228. The minimum atomic E-state index is -1.58. The van der Waals surface area contributed by atoms with Crippen LogP contribution in [-0.4, -0.2) is 88.0 Å². The highest BCUT2D eigenvalue weighted by molar-refractivity contribution is 6.13. The molecule has 7 atom stereocenters. The van der Waals surface area contributed by atoms with Crippen LogP contribution in [0.3, 0.4) is 0 Å². The highest BCUT2D eigenvalue weighted by Crippen LogP contribution is 2.53. The van der Waals surface area contributed by atoms with Gasteiger partial charge in [-0.3, -0.25) is 9.59 Å². The molecule has 1 amide bonds. The van der Waals surface area contributed by atoms with Gasteiger partial charge < -0.3 is 44.3 Å². The van der Waals surface area contributed by atoms with Crippen molar-refractivity contribution >= 4 is 28.5 Å². The van der Waals surface area contributed by atoms with Crippen LogP contribution in [0, 0.1) is 17.9 Å². The molecule has 2 fully saturated rings. The number of Topliss-reactive ketones (excluding diaryl/α,β-unsaturated/α-hetero) is 1. The Bertz CT molecular complexity index is 1940. The first-order valence-electron chi connectivity index (χ1n) is 16.2. The Balaban J connectivity index is 1.35. The number of hydrogen-bond donors (Lipinski definition) is 4. The second-order valence-corrected chi connectivity index (χ2v) is 13.0. The predicted molar refractivity (Wildman–Crippen MR) is 172 cm³/mol. The van der Waals surface area contributed by atoms with Crippen LogP contribution in [0.15, 0.2) is 36.4 Å². The highest BCUT2D eigenvalue weighted by atomic mass is 16.7. The number of benzene rings is 3. The van der Waals surface area contributed by atoms with Gasteiger partial charge in [0.15, 0.2) is 18.0 Å². The number of fused-ring (bicyclic) bond motifs is 9. The number of aromatic hydroxyl groups is 1. The molecule has 11 nitrogen and oxygen atoms in total. The third-order valence-corrected chi connectivity index (χ3v) is 10.4. The van der Waals surface area contributed by atoms with E-state index in [0.29, 0.717) is 16.7 Å². The molecule has 0 aromatic heterocycles. The van der Waals surface area contributed by atoms with Gasteiger partial charge in [-0.1, -0.05) is 36.6 Å². The Labute approximate surface area is 276 Å². The van der Waals surface area contributed by atoms with Gasteiger partial charge in [0, 0.05) is 30.0 Å². The normalized spacial score (nSPS) is 28.9. The topological polar surface area (TPSA) is 155 Å². The largest absolute Gasteiger partial charge is 0.506 e. The van der Waals surface area contributed by atoms with Crippen molar-refractivity contribution in [2.45, 2.75) is 68.9 Å². The molecule has 48 heavy (non-hydrogen) atoms. The molecule has 3 aromatic carbocycles. The number of ether oxygens (including phenoxy) is 4. The summed E-state index contributed by atoms with van der Waals surface area (Å²) in [7, 11) is 1.49. The Morgan fingerprint density at radius 1 is 1.10 bits per heavy atom. The molecule has 6 bridgehead atoms. The first-order chi connectivity index (χ1) is 23.3. The number of aliphatic hydroxyl groups excluding tert-OH is 3. The summed E-state index contributed by atoms with van der Waals surface area (Å²) in [5, 5.41) is 45.3. The molecule has 0 radical (unpaired) electrons. The van der Waals surface area contributed by atoms with E-state index in [9.17, 15) is 30.0 Å². The van der Waals surface area contributed by atoms with E-state index in [2.05, 4.69) is 18.1 Å². The molecule has 248 valence electrons. The van der Waals surface area contributed by atoms with E-state index in [1.54, 1.807) is 18.2 Å². The van der Waals surface area contributed by atoms with Gasteiger partial charge in [-0.25, -0.2) is 0 Å². The molecule has 1 saturated carbocycles. The summed E-state index contributed by atoms with van der Waals surface area (Å²) in [5.41, 5.74) is 3.64. The van der Waals surface area contributed by atoms with Crippen LogP contribution in [0.25, 0.3) is 16.8 Å². The van der Waals surface area contributed by atoms with E-state index < -0.39 is 43.1 Å². The number of allylic oxidation sites excluding steroid dienone is 1. The van der Waals surface area contributed by atoms with Crippen LogP contribution in [0.4, 0.5) is 0 Å². The van der Waals surface area contributed by atoms with Crippen LogP contribution in [0.5, 0.6) is 17.2 Å². The van der Waals surface area contributed by atoms with Gasteiger partial charge in [-0.05, 0) is 59.1 Å². The lowest BCUT2D eigenvalue weighted by molar-refractivity contribution is -0.276. The summed E-state index contributed by atoms with van der Waals surface area (Å²) >= 11 is 0. The van der Waals surface area contributed by atoms with E-state index in [4.69, 9.17) is 18.9 Å². The molecule has 4 N–H and O–H groups in total. The lowest BCUT2D eigenvalue weighted by Gasteiger charge is -2.40. The fourth-order valence-corrected chi connectivity index (χ4v) is 8.09. The SMILES string of the molecule is COc1cc2c3c(O)c(c4c(c3c1)C=CC1CCCC41)C(=O)CN1Cc3c(cccc3C1=O)CC#COC1C(O)C(CO)OC(O2)C1O. The number of aliphatic hydroxyl groups is 3. The Kier molecular flexibility index (Phi) is 7.57. The zero-order chi connectivity index (χ0) is 33.3. The third-order valence-electron chi connectivity index (χ3n) is 10.4. The Morgan fingerprint density at radius 3 is 2.77 bits per heavy atom. The number of amides is 1.